The second-order valence-corrected chi connectivity index (χ2v) is 8.74. The van der Waals surface area contributed by atoms with Crippen molar-refractivity contribution in [2.24, 2.45) is 5.41 Å². The highest BCUT2D eigenvalue weighted by molar-refractivity contribution is 7.98. The molecule has 21 heavy (non-hydrogen) atoms. The van der Waals surface area contributed by atoms with Crippen molar-refractivity contribution in [1.29, 1.82) is 0 Å². The van der Waals surface area contributed by atoms with Crippen molar-refractivity contribution in [1.82, 2.24) is 4.98 Å². The minimum Gasteiger partial charge on any atom is -0.387 e. The average molecular weight is 340 g/mol. The van der Waals surface area contributed by atoms with Crippen LogP contribution in [0.5, 0.6) is 0 Å². The SMILES string of the molecule is CC1(C)Cc2nc(CSc3ccccc3Cl)sc2C(O)C1. The summed E-state index contributed by atoms with van der Waals surface area (Å²) in [5.74, 6) is 0.800. The molecule has 1 atom stereocenters. The number of fused-ring (bicyclic) bond motifs is 1. The molecule has 5 heteroatoms. The van der Waals surface area contributed by atoms with E-state index in [1.807, 2.05) is 24.3 Å². The molecule has 0 aliphatic heterocycles. The molecule has 0 saturated heterocycles. The van der Waals surface area contributed by atoms with Crippen molar-refractivity contribution in [3.63, 3.8) is 0 Å². The maximum absolute atomic E-state index is 10.3. The van der Waals surface area contributed by atoms with Crippen LogP contribution in [0.2, 0.25) is 5.02 Å². The monoisotopic (exact) mass is 339 g/mol. The molecule has 0 amide bonds. The van der Waals surface area contributed by atoms with Gasteiger partial charge in [-0.25, -0.2) is 4.98 Å². The number of aliphatic hydroxyl groups excluding tert-OH is 1. The van der Waals surface area contributed by atoms with Gasteiger partial charge in [0.2, 0.25) is 0 Å². The zero-order chi connectivity index (χ0) is 15.0. The summed E-state index contributed by atoms with van der Waals surface area (Å²) in [7, 11) is 0. The number of halogens is 1. The molecule has 2 aromatic rings. The molecule has 3 rings (SSSR count). The molecular weight excluding hydrogens is 322 g/mol. The molecule has 1 aromatic carbocycles. The summed E-state index contributed by atoms with van der Waals surface area (Å²) in [4.78, 5) is 6.87. The highest BCUT2D eigenvalue weighted by Gasteiger charge is 2.33. The molecule has 0 bridgehead atoms. The lowest BCUT2D eigenvalue weighted by Gasteiger charge is -2.31. The number of hydrogen-bond donors (Lipinski definition) is 1. The normalized spacial score (nSPS) is 20.3. The molecule has 0 spiro atoms. The first kappa shape index (κ1) is 15.3. The highest BCUT2D eigenvalue weighted by atomic mass is 35.5. The Balaban J connectivity index is 1.75. The van der Waals surface area contributed by atoms with E-state index in [0.29, 0.717) is 0 Å². The standard InChI is InChI=1S/C16H18ClNOS2/c1-16(2)7-11-15(12(19)8-16)21-14(18-11)9-20-13-6-4-3-5-10(13)17/h3-6,12,19H,7-9H2,1-2H3. The highest BCUT2D eigenvalue weighted by Crippen LogP contribution is 2.43. The molecule has 0 saturated carbocycles. The number of aromatic nitrogens is 1. The van der Waals surface area contributed by atoms with Gasteiger partial charge in [0.25, 0.3) is 0 Å². The fourth-order valence-corrected chi connectivity index (χ4v) is 5.01. The number of benzene rings is 1. The first-order chi connectivity index (χ1) is 9.94. The maximum atomic E-state index is 10.3. The van der Waals surface area contributed by atoms with Gasteiger partial charge in [0, 0.05) is 4.90 Å². The van der Waals surface area contributed by atoms with E-state index >= 15 is 0 Å². The minimum absolute atomic E-state index is 0.133. The van der Waals surface area contributed by atoms with Crippen molar-refractivity contribution in [2.75, 3.05) is 0 Å². The summed E-state index contributed by atoms with van der Waals surface area (Å²) in [6, 6.07) is 7.86. The number of rotatable bonds is 3. The maximum Gasteiger partial charge on any atom is 0.103 e. The van der Waals surface area contributed by atoms with Crippen LogP contribution in [-0.2, 0) is 12.2 Å². The van der Waals surface area contributed by atoms with E-state index in [1.165, 1.54) is 0 Å². The first-order valence-corrected chi connectivity index (χ1v) is 9.16. The summed E-state index contributed by atoms with van der Waals surface area (Å²) in [6.45, 7) is 4.38. The smallest absolute Gasteiger partial charge is 0.103 e. The van der Waals surface area contributed by atoms with Crippen LogP contribution in [-0.4, -0.2) is 10.1 Å². The molecule has 1 N–H and O–H groups in total. The van der Waals surface area contributed by atoms with Crippen LogP contribution in [0.3, 0.4) is 0 Å². The molecule has 1 heterocycles. The van der Waals surface area contributed by atoms with Crippen LogP contribution >= 0.6 is 34.7 Å². The van der Waals surface area contributed by atoms with Crippen LogP contribution < -0.4 is 0 Å². The van der Waals surface area contributed by atoms with Crippen molar-refractivity contribution in [2.45, 2.75) is 43.4 Å². The molecule has 1 aromatic heterocycles. The molecule has 0 radical (unpaired) electrons. The number of hydrogen-bond acceptors (Lipinski definition) is 4. The first-order valence-electron chi connectivity index (χ1n) is 6.98. The number of thiazole rings is 1. The predicted octanol–water partition coefficient (Wildman–Crippen LogP) is 5.09. The number of aliphatic hydroxyl groups is 1. The summed E-state index contributed by atoms with van der Waals surface area (Å²) in [6.07, 6.45) is 1.41. The molecule has 1 unspecified atom stereocenters. The zero-order valence-corrected chi connectivity index (χ0v) is 14.5. The van der Waals surface area contributed by atoms with E-state index in [2.05, 4.69) is 13.8 Å². The van der Waals surface area contributed by atoms with Gasteiger partial charge in [-0.05, 0) is 30.4 Å². The van der Waals surface area contributed by atoms with E-state index in [4.69, 9.17) is 16.6 Å². The van der Waals surface area contributed by atoms with Crippen molar-refractivity contribution in [3.05, 3.63) is 44.9 Å². The van der Waals surface area contributed by atoms with Crippen LogP contribution in [0.1, 0.15) is 42.0 Å². The molecule has 1 aliphatic carbocycles. The van der Waals surface area contributed by atoms with Gasteiger partial charge < -0.3 is 5.11 Å². The fraction of sp³-hybridized carbons (Fsp3) is 0.438. The van der Waals surface area contributed by atoms with Crippen LogP contribution in [0, 0.1) is 5.41 Å². The lowest BCUT2D eigenvalue weighted by atomic mass is 9.77. The van der Waals surface area contributed by atoms with E-state index in [1.54, 1.807) is 23.1 Å². The van der Waals surface area contributed by atoms with Gasteiger partial charge in [-0.1, -0.05) is 37.6 Å². The molecule has 2 nitrogen and oxygen atoms in total. The van der Waals surface area contributed by atoms with Gasteiger partial charge in [-0.2, -0.15) is 0 Å². The molecule has 112 valence electrons. The van der Waals surface area contributed by atoms with E-state index in [0.717, 1.165) is 44.1 Å². The summed E-state index contributed by atoms with van der Waals surface area (Å²) in [5, 5.41) is 12.1. The Hall–Kier alpha value is -0.550. The third-order valence-electron chi connectivity index (χ3n) is 3.65. The van der Waals surface area contributed by atoms with E-state index in [-0.39, 0.29) is 11.5 Å². The summed E-state index contributed by atoms with van der Waals surface area (Å²) >= 11 is 9.52. The third kappa shape index (κ3) is 3.45. The van der Waals surface area contributed by atoms with Crippen LogP contribution in [0.25, 0.3) is 0 Å². The minimum atomic E-state index is -0.361. The zero-order valence-electron chi connectivity index (χ0n) is 12.1. The Morgan fingerprint density at radius 2 is 2.19 bits per heavy atom. The Labute approximate surface area is 138 Å². The largest absolute Gasteiger partial charge is 0.387 e. The second-order valence-electron chi connectivity index (χ2n) is 6.20. The number of nitrogens with zero attached hydrogens (tertiary/aromatic N) is 1. The van der Waals surface area contributed by atoms with Crippen LogP contribution in [0.4, 0.5) is 0 Å². The number of thioether (sulfide) groups is 1. The quantitative estimate of drug-likeness (QED) is 0.790. The van der Waals surface area contributed by atoms with Gasteiger partial charge in [-0.3, -0.25) is 0 Å². The fourth-order valence-electron chi connectivity index (χ4n) is 2.71. The molecule has 1 aliphatic rings. The van der Waals surface area contributed by atoms with E-state index in [9.17, 15) is 5.11 Å². The topological polar surface area (TPSA) is 33.1 Å². The van der Waals surface area contributed by atoms with Gasteiger partial charge in [0.05, 0.1) is 27.5 Å². The van der Waals surface area contributed by atoms with Gasteiger partial charge in [-0.15, -0.1) is 23.1 Å². The van der Waals surface area contributed by atoms with Crippen LogP contribution in [0.15, 0.2) is 29.2 Å². The second kappa shape index (κ2) is 5.92. The lowest BCUT2D eigenvalue weighted by Crippen LogP contribution is -2.24. The van der Waals surface area contributed by atoms with Crippen molar-refractivity contribution in [3.8, 4) is 0 Å². The predicted molar refractivity (Wildman–Crippen MR) is 90.2 cm³/mol. The Bertz CT molecular complexity index is 653. The average Bonchev–Trinajstić information content (AvgIpc) is 2.79. The Kier molecular flexibility index (Phi) is 4.33. The van der Waals surface area contributed by atoms with Gasteiger partial charge in [0.15, 0.2) is 0 Å². The summed E-state index contributed by atoms with van der Waals surface area (Å²) < 4.78 is 0. The van der Waals surface area contributed by atoms with Gasteiger partial charge in [0.1, 0.15) is 5.01 Å². The van der Waals surface area contributed by atoms with Crippen molar-refractivity contribution < 1.29 is 5.11 Å². The van der Waals surface area contributed by atoms with E-state index < -0.39 is 0 Å². The third-order valence-corrected chi connectivity index (χ3v) is 6.56. The Morgan fingerprint density at radius 3 is 2.95 bits per heavy atom. The Morgan fingerprint density at radius 1 is 1.43 bits per heavy atom. The molecular formula is C16H18ClNOS2. The molecule has 0 fully saturated rings. The van der Waals surface area contributed by atoms with Gasteiger partial charge >= 0.3 is 0 Å². The lowest BCUT2D eigenvalue weighted by molar-refractivity contribution is 0.102. The van der Waals surface area contributed by atoms with Crippen molar-refractivity contribution >= 4 is 34.7 Å². The summed E-state index contributed by atoms with van der Waals surface area (Å²) in [5.41, 5.74) is 1.21.